The summed E-state index contributed by atoms with van der Waals surface area (Å²) in [5, 5.41) is 8.97. The Balaban J connectivity index is 2.89. The number of aromatic nitrogens is 1. The highest BCUT2D eigenvalue weighted by molar-refractivity contribution is 5.15. The third-order valence-electron chi connectivity index (χ3n) is 2.73. The highest BCUT2D eigenvalue weighted by Crippen LogP contribution is 2.28. The molecule has 0 saturated heterocycles. The minimum atomic E-state index is 0.0238. The van der Waals surface area contributed by atoms with E-state index in [-0.39, 0.29) is 12.0 Å². The summed E-state index contributed by atoms with van der Waals surface area (Å²) in [7, 11) is 0. The summed E-state index contributed by atoms with van der Waals surface area (Å²) in [6.07, 6.45) is 3.59. The van der Waals surface area contributed by atoms with Crippen LogP contribution >= 0.6 is 0 Å². The first kappa shape index (κ1) is 10.2. The van der Waals surface area contributed by atoms with E-state index in [1.54, 1.807) is 6.20 Å². The van der Waals surface area contributed by atoms with Crippen LogP contribution in [0.1, 0.15) is 32.4 Å². The lowest BCUT2D eigenvalue weighted by atomic mass is 9.81. The molecule has 0 aliphatic heterocycles. The van der Waals surface area contributed by atoms with Crippen LogP contribution in [0.15, 0.2) is 24.4 Å². The quantitative estimate of drug-likeness (QED) is 0.768. The molecule has 0 fully saturated rings. The van der Waals surface area contributed by atoms with Crippen molar-refractivity contribution in [2.75, 3.05) is 6.61 Å². The first-order valence-electron chi connectivity index (χ1n) is 4.75. The van der Waals surface area contributed by atoms with E-state index >= 15 is 0 Å². The molecule has 2 heteroatoms. The van der Waals surface area contributed by atoms with Gasteiger partial charge < -0.3 is 5.11 Å². The van der Waals surface area contributed by atoms with Crippen LogP contribution in [0.4, 0.5) is 0 Å². The van der Waals surface area contributed by atoms with Crippen molar-refractivity contribution in [1.29, 1.82) is 0 Å². The molecule has 0 radical (unpaired) electrons. The lowest BCUT2D eigenvalue weighted by Gasteiger charge is -2.26. The number of pyridine rings is 1. The van der Waals surface area contributed by atoms with E-state index in [1.165, 1.54) is 0 Å². The normalized spacial score (nSPS) is 15.3. The van der Waals surface area contributed by atoms with Gasteiger partial charge in [-0.3, -0.25) is 4.98 Å². The second-order valence-electron chi connectivity index (χ2n) is 3.60. The van der Waals surface area contributed by atoms with Crippen molar-refractivity contribution in [2.45, 2.75) is 32.1 Å². The topological polar surface area (TPSA) is 33.1 Å². The van der Waals surface area contributed by atoms with Gasteiger partial charge in [-0.1, -0.05) is 19.9 Å². The van der Waals surface area contributed by atoms with Crippen molar-refractivity contribution in [3.63, 3.8) is 0 Å². The summed E-state index contributed by atoms with van der Waals surface area (Å²) in [6, 6.07) is 5.94. The van der Waals surface area contributed by atoms with Gasteiger partial charge in [0.05, 0.1) is 0 Å². The van der Waals surface area contributed by atoms with Crippen LogP contribution in [0.3, 0.4) is 0 Å². The molecule has 1 heterocycles. The number of rotatable bonds is 4. The molecule has 13 heavy (non-hydrogen) atoms. The molecule has 1 N–H and O–H groups in total. The molecule has 1 unspecified atom stereocenters. The molecular formula is C11H17NO. The lowest BCUT2D eigenvalue weighted by Crippen LogP contribution is -2.23. The number of aliphatic hydroxyl groups is 1. The van der Waals surface area contributed by atoms with Gasteiger partial charge in [0.25, 0.3) is 0 Å². The van der Waals surface area contributed by atoms with E-state index in [2.05, 4.69) is 18.8 Å². The third-order valence-corrected chi connectivity index (χ3v) is 2.73. The first-order valence-corrected chi connectivity index (χ1v) is 4.75. The van der Waals surface area contributed by atoms with Gasteiger partial charge in [-0.25, -0.2) is 0 Å². The van der Waals surface area contributed by atoms with Crippen molar-refractivity contribution in [2.24, 2.45) is 0 Å². The fraction of sp³-hybridized carbons (Fsp3) is 0.545. The Kier molecular flexibility index (Phi) is 3.43. The van der Waals surface area contributed by atoms with Crippen LogP contribution in [-0.4, -0.2) is 16.7 Å². The van der Waals surface area contributed by atoms with Gasteiger partial charge in [0.15, 0.2) is 0 Å². The zero-order valence-electron chi connectivity index (χ0n) is 8.33. The molecule has 1 rings (SSSR count). The predicted octanol–water partition coefficient (Wildman–Crippen LogP) is 2.13. The summed E-state index contributed by atoms with van der Waals surface area (Å²) >= 11 is 0. The maximum Gasteiger partial charge on any atom is 0.0463 e. The molecule has 1 atom stereocenters. The number of nitrogens with zero attached hydrogens (tertiary/aromatic N) is 1. The van der Waals surface area contributed by atoms with E-state index in [1.807, 2.05) is 18.2 Å². The Hall–Kier alpha value is -0.890. The van der Waals surface area contributed by atoms with Gasteiger partial charge >= 0.3 is 0 Å². The van der Waals surface area contributed by atoms with Gasteiger partial charge in [0.2, 0.25) is 0 Å². The van der Waals surface area contributed by atoms with Crippen LogP contribution < -0.4 is 0 Å². The summed E-state index contributed by atoms with van der Waals surface area (Å²) in [5.41, 5.74) is 1.10. The summed E-state index contributed by atoms with van der Waals surface area (Å²) in [5.74, 6) is 0. The Morgan fingerprint density at radius 1 is 1.46 bits per heavy atom. The zero-order chi connectivity index (χ0) is 9.73. The maximum atomic E-state index is 8.97. The van der Waals surface area contributed by atoms with Crippen molar-refractivity contribution in [1.82, 2.24) is 4.98 Å². The number of hydrogen-bond acceptors (Lipinski definition) is 2. The molecule has 0 spiro atoms. The highest BCUT2D eigenvalue weighted by atomic mass is 16.3. The first-order chi connectivity index (χ1) is 6.23. The molecule has 0 aromatic carbocycles. The van der Waals surface area contributed by atoms with E-state index in [9.17, 15) is 0 Å². The standard InChI is InChI=1S/C11H17NO/c1-3-11(2,7-9-13)10-6-4-5-8-12-10/h4-6,8,13H,3,7,9H2,1-2H3. The Bertz CT molecular complexity index is 248. The fourth-order valence-corrected chi connectivity index (χ4v) is 1.45. The number of aliphatic hydroxyl groups excluding tert-OH is 1. The van der Waals surface area contributed by atoms with E-state index < -0.39 is 0 Å². The Morgan fingerprint density at radius 2 is 2.23 bits per heavy atom. The maximum absolute atomic E-state index is 8.97. The lowest BCUT2D eigenvalue weighted by molar-refractivity contribution is 0.239. The average Bonchev–Trinajstić information content (AvgIpc) is 2.19. The second-order valence-corrected chi connectivity index (χ2v) is 3.60. The molecule has 0 aliphatic carbocycles. The number of hydrogen-bond donors (Lipinski definition) is 1. The van der Waals surface area contributed by atoms with Crippen molar-refractivity contribution < 1.29 is 5.11 Å². The van der Waals surface area contributed by atoms with Crippen molar-refractivity contribution >= 4 is 0 Å². The summed E-state index contributed by atoms with van der Waals surface area (Å²) in [4.78, 5) is 4.33. The van der Waals surface area contributed by atoms with Crippen LogP contribution in [0.2, 0.25) is 0 Å². The van der Waals surface area contributed by atoms with Gasteiger partial charge in [-0.2, -0.15) is 0 Å². The van der Waals surface area contributed by atoms with E-state index in [4.69, 9.17) is 5.11 Å². The third kappa shape index (κ3) is 2.28. The van der Waals surface area contributed by atoms with Gasteiger partial charge in [-0.05, 0) is 25.0 Å². The minimum absolute atomic E-state index is 0.0238. The molecule has 1 aromatic rings. The average molecular weight is 179 g/mol. The van der Waals surface area contributed by atoms with Crippen LogP contribution in [0, 0.1) is 0 Å². The highest BCUT2D eigenvalue weighted by Gasteiger charge is 2.24. The zero-order valence-corrected chi connectivity index (χ0v) is 8.33. The molecule has 0 saturated carbocycles. The van der Waals surface area contributed by atoms with Gasteiger partial charge in [-0.15, -0.1) is 0 Å². The van der Waals surface area contributed by atoms with Gasteiger partial charge in [0, 0.05) is 23.9 Å². The predicted molar refractivity (Wildman–Crippen MR) is 53.6 cm³/mol. The van der Waals surface area contributed by atoms with Crippen LogP contribution in [0.5, 0.6) is 0 Å². The van der Waals surface area contributed by atoms with Crippen molar-refractivity contribution in [3.05, 3.63) is 30.1 Å². The summed E-state index contributed by atoms with van der Waals surface area (Å²) in [6.45, 7) is 4.50. The molecule has 72 valence electrons. The molecule has 0 aliphatic rings. The largest absolute Gasteiger partial charge is 0.396 e. The molecule has 0 amide bonds. The SMILES string of the molecule is CCC(C)(CCO)c1ccccn1. The van der Waals surface area contributed by atoms with E-state index in [0.29, 0.717) is 0 Å². The molecular weight excluding hydrogens is 162 g/mol. The Morgan fingerprint density at radius 3 is 2.69 bits per heavy atom. The van der Waals surface area contributed by atoms with Crippen molar-refractivity contribution in [3.8, 4) is 0 Å². The van der Waals surface area contributed by atoms with Gasteiger partial charge in [0.1, 0.15) is 0 Å². The minimum Gasteiger partial charge on any atom is -0.396 e. The molecule has 1 aromatic heterocycles. The van der Waals surface area contributed by atoms with E-state index in [0.717, 1.165) is 18.5 Å². The second kappa shape index (κ2) is 4.38. The molecule has 0 bridgehead atoms. The fourth-order valence-electron chi connectivity index (χ4n) is 1.45. The van der Waals surface area contributed by atoms with Crippen LogP contribution in [-0.2, 0) is 5.41 Å². The summed E-state index contributed by atoms with van der Waals surface area (Å²) < 4.78 is 0. The molecule has 2 nitrogen and oxygen atoms in total. The van der Waals surface area contributed by atoms with Crippen LogP contribution in [0.25, 0.3) is 0 Å². The monoisotopic (exact) mass is 179 g/mol. The Labute approximate surface area is 79.6 Å². The smallest absolute Gasteiger partial charge is 0.0463 e.